The van der Waals surface area contributed by atoms with E-state index in [0.717, 1.165) is 0 Å². The number of ketones is 2. The molecule has 2 fully saturated rings. The van der Waals surface area contributed by atoms with Crippen LogP contribution in [0.25, 0.3) is 0 Å². The van der Waals surface area contributed by atoms with Crippen LogP contribution in [0, 0.1) is 5.92 Å². The number of rotatable bonds is 9. The molecule has 4 aliphatic rings. The van der Waals surface area contributed by atoms with E-state index in [-0.39, 0.29) is 67.8 Å². The SMILES string of the molecule is COC12C(CO)C3=C(C(=O)C(C)=C(OCCOCCOC(N)=O)C3=O)N1CC1NC12. The number of piperazine rings is 1. The number of carbonyl (C=O) groups is 3. The Bertz CT molecular complexity index is 853. The molecule has 0 bridgehead atoms. The maximum Gasteiger partial charge on any atom is 0.404 e. The number of nitrogens with two attached hydrogens (primary N) is 1. The second-order valence-electron chi connectivity index (χ2n) is 7.56. The Kier molecular flexibility index (Phi) is 5.30. The molecule has 0 spiro atoms. The van der Waals surface area contributed by atoms with Crippen molar-refractivity contribution < 1.29 is 38.4 Å². The highest BCUT2D eigenvalue weighted by atomic mass is 16.6. The van der Waals surface area contributed by atoms with Gasteiger partial charge < -0.3 is 40.0 Å². The van der Waals surface area contributed by atoms with Gasteiger partial charge >= 0.3 is 6.09 Å². The highest BCUT2D eigenvalue weighted by Crippen LogP contribution is 2.55. The number of hydrogen-bond donors (Lipinski definition) is 3. The van der Waals surface area contributed by atoms with E-state index in [1.807, 2.05) is 4.90 Å². The van der Waals surface area contributed by atoms with Crippen LogP contribution in [0.15, 0.2) is 22.6 Å². The highest BCUT2D eigenvalue weighted by molar-refractivity contribution is 6.25. The Morgan fingerprint density at radius 1 is 1.27 bits per heavy atom. The average Bonchev–Trinajstić information content (AvgIpc) is 3.33. The first-order valence-corrected chi connectivity index (χ1v) is 9.75. The molecule has 11 heteroatoms. The maximum absolute atomic E-state index is 13.3. The van der Waals surface area contributed by atoms with Gasteiger partial charge in [0.25, 0.3) is 0 Å². The van der Waals surface area contributed by atoms with Gasteiger partial charge in [0.15, 0.2) is 11.5 Å². The quantitative estimate of drug-likeness (QED) is 0.224. The largest absolute Gasteiger partial charge is 0.487 e. The summed E-state index contributed by atoms with van der Waals surface area (Å²) in [6.45, 7) is 2.04. The summed E-state index contributed by atoms with van der Waals surface area (Å²) in [6, 6.07) is 0.125. The number of allylic oxidation sites excluding steroid dienone is 2. The zero-order chi connectivity index (χ0) is 21.6. The molecule has 0 aromatic heterocycles. The standard InChI is InChI=1S/C19H25N3O8/c1-9-14(24)13-12(10(8-23)19(27-2)17-11(21-17)7-22(13)19)15(25)16(9)29-5-3-28-4-6-30-18(20)26/h10-11,17,21,23H,3-8H2,1-2H3,(H2,20,26). The molecule has 4 unspecified atom stereocenters. The predicted molar refractivity (Wildman–Crippen MR) is 99.8 cm³/mol. The molecule has 0 radical (unpaired) electrons. The van der Waals surface area contributed by atoms with Gasteiger partial charge in [-0.3, -0.25) is 9.59 Å². The fourth-order valence-corrected chi connectivity index (χ4v) is 4.80. The Morgan fingerprint density at radius 3 is 2.67 bits per heavy atom. The fraction of sp³-hybridized carbons (Fsp3) is 0.632. The molecule has 164 valence electrons. The van der Waals surface area contributed by atoms with E-state index in [9.17, 15) is 19.5 Å². The monoisotopic (exact) mass is 423 g/mol. The third-order valence-corrected chi connectivity index (χ3v) is 6.11. The Hall–Kier alpha value is -2.47. The van der Waals surface area contributed by atoms with Crippen molar-refractivity contribution >= 4 is 17.7 Å². The lowest BCUT2D eigenvalue weighted by Gasteiger charge is -2.39. The highest BCUT2D eigenvalue weighted by Gasteiger charge is 2.72. The topological polar surface area (TPSA) is 160 Å². The van der Waals surface area contributed by atoms with Crippen LogP contribution in [0.3, 0.4) is 0 Å². The van der Waals surface area contributed by atoms with E-state index in [1.54, 1.807) is 6.92 Å². The molecule has 0 saturated carbocycles. The van der Waals surface area contributed by atoms with Crippen LogP contribution in [0.1, 0.15) is 6.92 Å². The van der Waals surface area contributed by atoms with E-state index in [4.69, 9.17) is 19.9 Å². The van der Waals surface area contributed by atoms with Gasteiger partial charge in [0.05, 0.1) is 37.5 Å². The lowest BCUT2D eigenvalue weighted by molar-refractivity contribution is -0.137. The summed E-state index contributed by atoms with van der Waals surface area (Å²) in [5, 5.41) is 13.4. The van der Waals surface area contributed by atoms with Gasteiger partial charge in [0, 0.05) is 30.8 Å². The Labute approximate surface area is 172 Å². The number of carbonyl (C=O) groups excluding carboxylic acids is 3. The first-order chi connectivity index (χ1) is 14.4. The summed E-state index contributed by atoms with van der Waals surface area (Å²) in [7, 11) is 1.53. The van der Waals surface area contributed by atoms with Gasteiger partial charge in [-0.2, -0.15) is 0 Å². The zero-order valence-corrected chi connectivity index (χ0v) is 16.8. The van der Waals surface area contributed by atoms with Gasteiger partial charge in [0.1, 0.15) is 13.2 Å². The smallest absolute Gasteiger partial charge is 0.404 e. The number of primary amides is 1. The summed E-state index contributed by atoms with van der Waals surface area (Å²) in [4.78, 5) is 38.7. The van der Waals surface area contributed by atoms with Crippen LogP contribution >= 0.6 is 0 Å². The molecule has 0 aromatic carbocycles. The molecule has 0 aromatic rings. The third-order valence-electron chi connectivity index (χ3n) is 6.11. The van der Waals surface area contributed by atoms with E-state index < -0.39 is 23.5 Å². The van der Waals surface area contributed by atoms with E-state index in [1.165, 1.54) is 7.11 Å². The molecule has 11 nitrogen and oxygen atoms in total. The molecule has 2 saturated heterocycles. The van der Waals surface area contributed by atoms with Crippen molar-refractivity contribution in [2.75, 3.05) is 46.7 Å². The molecule has 3 heterocycles. The summed E-state index contributed by atoms with van der Waals surface area (Å²) in [5.74, 6) is -1.41. The number of amides is 1. The van der Waals surface area contributed by atoms with Crippen LogP contribution in [0.5, 0.6) is 0 Å². The van der Waals surface area contributed by atoms with E-state index >= 15 is 0 Å². The van der Waals surface area contributed by atoms with Gasteiger partial charge in [-0.05, 0) is 6.92 Å². The lowest BCUT2D eigenvalue weighted by atomic mass is 9.83. The maximum atomic E-state index is 13.3. The molecule has 30 heavy (non-hydrogen) atoms. The Balaban J connectivity index is 1.46. The summed E-state index contributed by atoms with van der Waals surface area (Å²) < 4.78 is 21.2. The van der Waals surface area contributed by atoms with Crippen LogP contribution in [-0.4, -0.2) is 92.2 Å². The molecule has 4 N–H and O–H groups in total. The van der Waals surface area contributed by atoms with Crippen LogP contribution in [0.2, 0.25) is 0 Å². The second kappa shape index (κ2) is 7.65. The van der Waals surface area contributed by atoms with Crippen molar-refractivity contribution in [3.63, 3.8) is 0 Å². The summed E-state index contributed by atoms with van der Waals surface area (Å²) in [5.41, 5.74) is 4.66. The molecule has 1 amide bonds. The first kappa shape index (κ1) is 20.8. The number of nitrogens with zero attached hydrogens (tertiary/aromatic N) is 1. The Morgan fingerprint density at radius 2 is 2.00 bits per heavy atom. The third kappa shape index (κ3) is 2.92. The number of methoxy groups -OCH3 is 1. The number of Topliss-reactive ketones (excluding diaryl/α,β-unsaturated/α-hetero) is 2. The number of ether oxygens (including phenoxy) is 4. The van der Waals surface area contributed by atoms with Crippen molar-refractivity contribution in [3.05, 3.63) is 22.6 Å². The minimum absolute atomic E-state index is 0.00797. The average molecular weight is 423 g/mol. The van der Waals surface area contributed by atoms with Gasteiger partial charge in [0.2, 0.25) is 11.6 Å². The van der Waals surface area contributed by atoms with Crippen molar-refractivity contribution in [1.29, 1.82) is 0 Å². The van der Waals surface area contributed by atoms with Gasteiger partial charge in [-0.15, -0.1) is 0 Å². The van der Waals surface area contributed by atoms with E-state index in [0.29, 0.717) is 12.2 Å². The molecule has 4 atom stereocenters. The summed E-state index contributed by atoms with van der Waals surface area (Å²) in [6.07, 6.45) is -0.886. The van der Waals surface area contributed by atoms with Gasteiger partial charge in [-0.1, -0.05) is 0 Å². The van der Waals surface area contributed by atoms with Crippen molar-refractivity contribution in [2.45, 2.75) is 24.7 Å². The normalized spacial score (nSPS) is 31.7. The second-order valence-corrected chi connectivity index (χ2v) is 7.56. The molecular weight excluding hydrogens is 398 g/mol. The van der Waals surface area contributed by atoms with Crippen molar-refractivity contribution in [2.24, 2.45) is 11.7 Å². The molecule has 3 aliphatic heterocycles. The summed E-state index contributed by atoms with van der Waals surface area (Å²) >= 11 is 0. The van der Waals surface area contributed by atoms with Crippen molar-refractivity contribution in [1.82, 2.24) is 10.2 Å². The predicted octanol–water partition coefficient (Wildman–Crippen LogP) is -1.58. The lowest BCUT2D eigenvalue weighted by Crippen LogP contribution is -2.54. The van der Waals surface area contributed by atoms with Gasteiger partial charge in [-0.25, -0.2) is 4.79 Å². The fourth-order valence-electron chi connectivity index (χ4n) is 4.80. The number of aliphatic hydroxyl groups excluding tert-OH is 1. The van der Waals surface area contributed by atoms with E-state index in [2.05, 4.69) is 10.1 Å². The van der Waals surface area contributed by atoms with Crippen LogP contribution < -0.4 is 11.1 Å². The van der Waals surface area contributed by atoms with Crippen LogP contribution in [-0.2, 0) is 28.5 Å². The number of aliphatic hydroxyl groups is 1. The molecular formula is C19H25N3O8. The van der Waals surface area contributed by atoms with Crippen molar-refractivity contribution in [3.8, 4) is 0 Å². The minimum atomic E-state index is -0.950. The molecule has 4 rings (SSSR count). The number of nitrogens with one attached hydrogen (secondary N) is 1. The number of fused-ring (bicyclic) bond motifs is 4. The molecule has 1 aliphatic carbocycles. The first-order valence-electron chi connectivity index (χ1n) is 9.75. The number of hydrogen-bond acceptors (Lipinski definition) is 10. The minimum Gasteiger partial charge on any atom is -0.487 e. The van der Waals surface area contributed by atoms with Crippen LogP contribution in [0.4, 0.5) is 4.79 Å². The zero-order valence-electron chi connectivity index (χ0n) is 16.8.